The Morgan fingerprint density at radius 3 is 3.04 bits per heavy atom. The molecule has 2 atom stereocenters. The van der Waals surface area contributed by atoms with Crippen molar-refractivity contribution in [1.29, 1.82) is 0 Å². The van der Waals surface area contributed by atoms with Crippen molar-refractivity contribution in [2.75, 3.05) is 38.7 Å². The second-order valence-electron chi connectivity index (χ2n) is 6.78. The highest BCUT2D eigenvalue weighted by Gasteiger charge is 2.30. The van der Waals surface area contributed by atoms with Crippen molar-refractivity contribution in [2.45, 2.75) is 44.3 Å². The lowest BCUT2D eigenvalue weighted by molar-refractivity contribution is -0.134. The van der Waals surface area contributed by atoms with Crippen LogP contribution in [-0.2, 0) is 9.53 Å². The average Bonchev–Trinajstić information content (AvgIpc) is 3.05. The first-order valence-corrected chi connectivity index (χ1v) is 8.82. The van der Waals surface area contributed by atoms with Crippen LogP contribution in [0.25, 0.3) is 0 Å². The Balaban J connectivity index is 1.53. The maximum Gasteiger partial charge on any atom is 0.225 e. The predicted molar refractivity (Wildman–Crippen MR) is 92.4 cm³/mol. The van der Waals surface area contributed by atoms with Gasteiger partial charge in [0.2, 0.25) is 5.91 Å². The third kappa shape index (κ3) is 4.17. The summed E-state index contributed by atoms with van der Waals surface area (Å²) in [5.41, 5.74) is 0. The number of carbonyl (C=O) groups is 1. The van der Waals surface area contributed by atoms with E-state index in [1.807, 2.05) is 36.0 Å². The Hall–Kier alpha value is -1.82. The molecule has 1 aromatic rings. The molecule has 24 heavy (non-hydrogen) atoms. The van der Waals surface area contributed by atoms with Gasteiger partial charge in [0.15, 0.2) is 11.6 Å². The molecule has 1 amide bonds. The molecule has 2 aliphatic rings. The Morgan fingerprint density at radius 1 is 1.42 bits per heavy atom. The highest BCUT2D eigenvalue weighted by atomic mass is 16.5. The van der Waals surface area contributed by atoms with Gasteiger partial charge in [0.25, 0.3) is 0 Å². The Bertz CT molecular complexity index is 558. The zero-order valence-corrected chi connectivity index (χ0v) is 14.6. The normalized spacial score (nSPS) is 24.0. The summed E-state index contributed by atoms with van der Waals surface area (Å²) < 4.78 is 11.8. The molecule has 6 nitrogen and oxygen atoms in total. The molecular weight excluding hydrogens is 306 g/mol. The van der Waals surface area contributed by atoms with E-state index in [2.05, 4.69) is 4.98 Å². The maximum absolute atomic E-state index is 12.5. The number of hydrogen-bond acceptors (Lipinski definition) is 5. The van der Waals surface area contributed by atoms with E-state index in [9.17, 15) is 4.79 Å². The summed E-state index contributed by atoms with van der Waals surface area (Å²) in [4.78, 5) is 20.7. The molecule has 2 unspecified atom stereocenters. The summed E-state index contributed by atoms with van der Waals surface area (Å²) in [6.45, 7) is 2.19. The van der Waals surface area contributed by atoms with Crippen LogP contribution in [0, 0.1) is 0 Å². The van der Waals surface area contributed by atoms with Gasteiger partial charge in [-0.1, -0.05) is 0 Å². The molecular formula is C18H27N3O3. The van der Waals surface area contributed by atoms with Gasteiger partial charge < -0.3 is 19.3 Å². The number of aromatic nitrogens is 1. The van der Waals surface area contributed by atoms with Crippen LogP contribution in [0.2, 0.25) is 0 Å². The average molecular weight is 333 g/mol. The van der Waals surface area contributed by atoms with Gasteiger partial charge in [0, 0.05) is 39.9 Å². The van der Waals surface area contributed by atoms with Gasteiger partial charge in [-0.15, -0.1) is 0 Å². The first kappa shape index (κ1) is 17.0. The zero-order valence-electron chi connectivity index (χ0n) is 14.6. The zero-order chi connectivity index (χ0) is 16.9. The van der Waals surface area contributed by atoms with Gasteiger partial charge in [-0.25, -0.2) is 4.98 Å². The van der Waals surface area contributed by atoms with Crippen molar-refractivity contribution in [1.82, 2.24) is 9.88 Å². The largest absolute Gasteiger partial charge is 0.485 e. The second-order valence-corrected chi connectivity index (χ2v) is 6.78. The SMILES string of the molecule is CN(C)c1ncccc1OC1CCN(C(=O)CC2CCCCO2)C1. The molecule has 3 heterocycles. The minimum Gasteiger partial charge on any atom is -0.485 e. The molecule has 2 fully saturated rings. The molecule has 0 N–H and O–H groups in total. The van der Waals surface area contributed by atoms with Gasteiger partial charge in [-0.05, 0) is 31.4 Å². The van der Waals surface area contributed by atoms with Crippen LogP contribution in [0.5, 0.6) is 5.75 Å². The number of ether oxygens (including phenoxy) is 2. The fourth-order valence-electron chi connectivity index (χ4n) is 3.33. The topological polar surface area (TPSA) is 54.9 Å². The molecule has 0 saturated carbocycles. The predicted octanol–water partition coefficient (Wildman–Crippen LogP) is 2.09. The van der Waals surface area contributed by atoms with Crippen molar-refractivity contribution < 1.29 is 14.3 Å². The Kier molecular flexibility index (Phi) is 5.56. The van der Waals surface area contributed by atoms with Gasteiger partial charge in [-0.2, -0.15) is 0 Å². The van der Waals surface area contributed by atoms with Crippen molar-refractivity contribution >= 4 is 11.7 Å². The number of rotatable bonds is 5. The van der Waals surface area contributed by atoms with Crippen LogP contribution in [0.15, 0.2) is 18.3 Å². The molecule has 0 bridgehead atoms. The smallest absolute Gasteiger partial charge is 0.225 e. The van der Waals surface area contributed by atoms with E-state index < -0.39 is 0 Å². The fourth-order valence-corrected chi connectivity index (χ4v) is 3.33. The Labute approximate surface area is 143 Å². The van der Waals surface area contributed by atoms with Gasteiger partial charge >= 0.3 is 0 Å². The van der Waals surface area contributed by atoms with E-state index in [-0.39, 0.29) is 18.1 Å². The lowest BCUT2D eigenvalue weighted by Crippen LogP contribution is -2.34. The van der Waals surface area contributed by atoms with Crippen molar-refractivity contribution in [3.63, 3.8) is 0 Å². The van der Waals surface area contributed by atoms with Crippen LogP contribution in [0.4, 0.5) is 5.82 Å². The van der Waals surface area contributed by atoms with Gasteiger partial charge in [-0.3, -0.25) is 4.79 Å². The quantitative estimate of drug-likeness (QED) is 0.826. The van der Waals surface area contributed by atoms with E-state index in [1.165, 1.54) is 0 Å². The minimum absolute atomic E-state index is 0.0316. The third-order valence-electron chi connectivity index (χ3n) is 4.64. The van der Waals surface area contributed by atoms with Crippen molar-refractivity contribution in [3.8, 4) is 5.75 Å². The summed E-state index contributed by atoms with van der Waals surface area (Å²) in [5, 5.41) is 0. The van der Waals surface area contributed by atoms with E-state index in [0.29, 0.717) is 13.0 Å². The summed E-state index contributed by atoms with van der Waals surface area (Å²) in [7, 11) is 3.90. The van der Waals surface area contributed by atoms with E-state index in [4.69, 9.17) is 9.47 Å². The number of carbonyl (C=O) groups excluding carboxylic acids is 1. The van der Waals surface area contributed by atoms with Crippen LogP contribution >= 0.6 is 0 Å². The van der Waals surface area contributed by atoms with Gasteiger partial charge in [0.05, 0.1) is 19.1 Å². The molecule has 0 radical (unpaired) electrons. The van der Waals surface area contributed by atoms with Crippen molar-refractivity contribution in [2.24, 2.45) is 0 Å². The molecule has 2 aliphatic heterocycles. The number of hydrogen-bond donors (Lipinski definition) is 0. The lowest BCUT2D eigenvalue weighted by atomic mass is 10.1. The van der Waals surface area contributed by atoms with Crippen molar-refractivity contribution in [3.05, 3.63) is 18.3 Å². The molecule has 1 aromatic heterocycles. The van der Waals surface area contributed by atoms with Crippen LogP contribution in [-0.4, -0.2) is 61.8 Å². The van der Waals surface area contributed by atoms with Crippen LogP contribution in [0.3, 0.4) is 0 Å². The van der Waals surface area contributed by atoms with E-state index in [1.54, 1.807) is 6.20 Å². The summed E-state index contributed by atoms with van der Waals surface area (Å²) in [6, 6.07) is 3.81. The summed E-state index contributed by atoms with van der Waals surface area (Å²) in [6.07, 6.45) is 6.54. The number of pyridine rings is 1. The molecule has 132 valence electrons. The molecule has 0 aliphatic carbocycles. The van der Waals surface area contributed by atoms with E-state index >= 15 is 0 Å². The van der Waals surface area contributed by atoms with Crippen LogP contribution < -0.4 is 9.64 Å². The fraction of sp³-hybridized carbons (Fsp3) is 0.667. The molecule has 0 spiro atoms. The molecule has 2 saturated heterocycles. The monoisotopic (exact) mass is 333 g/mol. The number of likely N-dealkylation sites (tertiary alicyclic amines) is 1. The minimum atomic E-state index is 0.0316. The lowest BCUT2D eigenvalue weighted by Gasteiger charge is -2.25. The summed E-state index contributed by atoms with van der Waals surface area (Å²) >= 11 is 0. The number of amides is 1. The number of anilines is 1. The third-order valence-corrected chi connectivity index (χ3v) is 4.64. The first-order valence-electron chi connectivity index (χ1n) is 8.82. The first-order chi connectivity index (χ1) is 11.6. The van der Waals surface area contributed by atoms with E-state index in [0.717, 1.165) is 50.4 Å². The Morgan fingerprint density at radius 2 is 2.29 bits per heavy atom. The van der Waals surface area contributed by atoms with Gasteiger partial charge in [0.1, 0.15) is 6.10 Å². The number of nitrogens with zero attached hydrogens (tertiary/aromatic N) is 3. The summed E-state index contributed by atoms with van der Waals surface area (Å²) in [5.74, 6) is 1.78. The molecule has 6 heteroatoms. The maximum atomic E-state index is 12.5. The second kappa shape index (κ2) is 7.83. The van der Waals surface area contributed by atoms with Crippen LogP contribution in [0.1, 0.15) is 32.1 Å². The highest BCUT2D eigenvalue weighted by molar-refractivity contribution is 5.77. The molecule has 0 aromatic carbocycles. The standard InChI is InChI=1S/C18H27N3O3/c1-20(2)18-16(7-5-9-19-18)24-15-8-10-21(13-15)17(22)12-14-6-3-4-11-23-14/h5,7,9,14-15H,3-4,6,8,10-13H2,1-2H3. The highest BCUT2D eigenvalue weighted by Crippen LogP contribution is 2.27. The molecule has 3 rings (SSSR count).